The summed E-state index contributed by atoms with van der Waals surface area (Å²) in [4.78, 5) is 16.2. The lowest BCUT2D eigenvalue weighted by molar-refractivity contribution is -0.903. The molecule has 1 rings (SSSR count). The Morgan fingerprint density at radius 3 is 2.93 bits per heavy atom. The molecule has 0 atom stereocenters. The average Bonchev–Trinajstić information content (AvgIpc) is 2.20. The fourth-order valence-corrected chi connectivity index (χ4v) is 1.09. The Hall–Kier alpha value is -1.33. The molecule has 5 nitrogen and oxygen atoms in total. The minimum Gasteiger partial charge on any atom is -0.284 e. The Bertz CT molecular complexity index is 356. The predicted octanol–water partition coefficient (Wildman–Crippen LogP) is 0.498. The van der Waals surface area contributed by atoms with Crippen LogP contribution in [-0.4, -0.2) is 30.3 Å². The molecule has 1 amide bonds. The Morgan fingerprint density at radius 1 is 1.71 bits per heavy atom. The molecular formula is C8H10ClN2O3+. The molecule has 0 unspecified atom stereocenters. The Kier molecular flexibility index (Phi) is 3.27. The minimum absolute atomic E-state index is 0.0543. The molecule has 1 aromatic heterocycles. The van der Waals surface area contributed by atoms with E-state index < -0.39 is 5.91 Å². The maximum absolute atomic E-state index is 11.5. The largest absolute Gasteiger partial charge is 0.337 e. The lowest BCUT2D eigenvalue weighted by atomic mass is 10.3. The Labute approximate surface area is 86.0 Å². The van der Waals surface area contributed by atoms with Crippen molar-refractivity contribution in [3.63, 3.8) is 0 Å². The van der Waals surface area contributed by atoms with E-state index in [2.05, 4.69) is 0 Å². The zero-order valence-corrected chi connectivity index (χ0v) is 8.52. The molecule has 0 saturated carbocycles. The van der Waals surface area contributed by atoms with Gasteiger partial charge in [-0.25, -0.2) is 5.06 Å². The lowest BCUT2D eigenvalue weighted by Crippen LogP contribution is -2.35. The van der Waals surface area contributed by atoms with E-state index in [1.807, 2.05) is 0 Å². The fourth-order valence-electron chi connectivity index (χ4n) is 0.890. The molecule has 0 aliphatic rings. The first-order valence-electron chi connectivity index (χ1n) is 3.79. The average molecular weight is 218 g/mol. The predicted molar refractivity (Wildman–Crippen MR) is 47.9 cm³/mol. The topological polar surface area (TPSA) is 53.7 Å². The summed E-state index contributed by atoms with van der Waals surface area (Å²) in [6, 6.07) is 3.00. The number of hydrogen-bond acceptors (Lipinski definition) is 3. The highest BCUT2D eigenvalue weighted by Crippen LogP contribution is 2.11. The van der Waals surface area contributed by atoms with Gasteiger partial charge in [0, 0.05) is 17.8 Å². The van der Waals surface area contributed by atoms with Crippen molar-refractivity contribution >= 4 is 17.5 Å². The van der Waals surface area contributed by atoms with Crippen LogP contribution in [-0.2, 0) is 4.84 Å². The second-order valence-electron chi connectivity index (χ2n) is 2.54. The third-order valence-electron chi connectivity index (χ3n) is 1.70. The zero-order valence-electron chi connectivity index (χ0n) is 7.77. The first-order valence-corrected chi connectivity index (χ1v) is 4.17. The normalized spacial score (nSPS) is 9.93. The SMILES string of the molecule is CON(C)C(=O)c1ccc[n+](O)c1Cl. The van der Waals surface area contributed by atoms with Crippen molar-refractivity contribution in [2.75, 3.05) is 14.2 Å². The molecule has 1 heterocycles. The van der Waals surface area contributed by atoms with E-state index in [1.54, 1.807) is 0 Å². The van der Waals surface area contributed by atoms with Gasteiger partial charge in [-0.1, -0.05) is 0 Å². The molecule has 0 saturated heterocycles. The maximum Gasteiger partial charge on any atom is 0.337 e. The van der Waals surface area contributed by atoms with E-state index in [1.165, 1.54) is 32.5 Å². The van der Waals surface area contributed by atoms with Gasteiger partial charge in [-0.2, -0.15) is 0 Å². The van der Waals surface area contributed by atoms with Crippen molar-refractivity contribution in [1.82, 2.24) is 5.06 Å². The van der Waals surface area contributed by atoms with Crippen molar-refractivity contribution in [1.29, 1.82) is 0 Å². The van der Waals surface area contributed by atoms with Gasteiger partial charge < -0.3 is 0 Å². The summed E-state index contributed by atoms with van der Waals surface area (Å²) < 4.78 is 0.665. The number of carbonyl (C=O) groups excluding carboxylic acids is 1. The molecule has 1 N–H and O–H groups in total. The molecule has 6 heteroatoms. The van der Waals surface area contributed by atoms with Crippen LogP contribution in [0.2, 0.25) is 5.15 Å². The minimum atomic E-state index is -0.430. The number of carbonyl (C=O) groups is 1. The Balaban J connectivity index is 3.07. The Morgan fingerprint density at radius 2 is 2.36 bits per heavy atom. The number of pyridine rings is 1. The quantitative estimate of drug-likeness (QED) is 0.340. The second-order valence-corrected chi connectivity index (χ2v) is 2.90. The summed E-state index contributed by atoms with van der Waals surface area (Å²) >= 11 is 5.70. The van der Waals surface area contributed by atoms with E-state index in [9.17, 15) is 10.0 Å². The van der Waals surface area contributed by atoms with Gasteiger partial charge in [-0.3, -0.25) is 14.8 Å². The summed E-state index contributed by atoms with van der Waals surface area (Å²) in [6.45, 7) is 0. The van der Waals surface area contributed by atoms with Crippen molar-refractivity contribution in [2.24, 2.45) is 0 Å². The molecule has 0 radical (unpaired) electrons. The van der Waals surface area contributed by atoms with E-state index in [-0.39, 0.29) is 10.7 Å². The van der Waals surface area contributed by atoms with Crippen LogP contribution >= 0.6 is 11.6 Å². The van der Waals surface area contributed by atoms with Gasteiger partial charge >= 0.3 is 5.15 Å². The van der Waals surface area contributed by atoms with Gasteiger partial charge in [0.25, 0.3) is 5.91 Å². The lowest BCUT2D eigenvalue weighted by Gasteiger charge is -2.12. The van der Waals surface area contributed by atoms with Gasteiger partial charge in [0.15, 0.2) is 0 Å². The fraction of sp³-hybridized carbons (Fsp3) is 0.250. The van der Waals surface area contributed by atoms with E-state index >= 15 is 0 Å². The smallest absolute Gasteiger partial charge is 0.284 e. The molecule has 0 aliphatic carbocycles. The zero-order chi connectivity index (χ0) is 10.7. The van der Waals surface area contributed by atoms with Crippen molar-refractivity contribution in [3.05, 3.63) is 29.0 Å². The maximum atomic E-state index is 11.5. The van der Waals surface area contributed by atoms with Crippen molar-refractivity contribution < 1.29 is 19.6 Å². The van der Waals surface area contributed by atoms with Crippen LogP contribution < -0.4 is 4.73 Å². The van der Waals surface area contributed by atoms with Gasteiger partial charge in [0.2, 0.25) is 6.20 Å². The summed E-state index contributed by atoms with van der Waals surface area (Å²) in [5.41, 5.74) is 0.168. The molecule has 0 bridgehead atoms. The number of hydrogen-bond donors (Lipinski definition) is 1. The van der Waals surface area contributed by atoms with Gasteiger partial charge in [-0.15, -0.1) is 0 Å². The standard InChI is InChI=1S/C8H10ClN2O3/c1-10(14-2)8(12)6-4-3-5-11(13)7(6)9/h3-5,13H,1-2H3/q+1. The van der Waals surface area contributed by atoms with Gasteiger partial charge in [-0.05, 0) is 17.7 Å². The number of halogens is 1. The third kappa shape index (κ3) is 1.94. The summed E-state index contributed by atoms with van der Waals surface area (Å²) in [5, 5.41) is 10.1. The summed E-state index contributed by atoms with van der Waals surface area (Å²) in [5.74, 6) is -0.430. The van der Waals surface area contributed by atoms with Crippen LogP contribution in [0.15, 0.2) is 18.3 Å². The number of amides is 1. The van der Waals surface area contributed by atoms with Crippen LogP contribution in [0.3, 0.4) is 0 Å². The van der Waals surface area contributed by atoms with Crippen molar-refractivity contribution in [3.8, 4) is 0 Å². The molecule has 0 spiro atoms. The second kappa shape index (κ2) is 4.26. The molecule has 14 heavy (non-hydrogen) atoms. The number of rotatable bonds is 2. The summed E-state index contributed by atoms with van der Waals surface area (Å²) in [7, 11) is 2.81. The molecule has 0 fully saturated rings. The highest BCUT2D eigenvalue weighted by atomic mass is 35.5. The first-order chi connectivity index (χ1) is 6.57. The van der Waals surface area contributed by atoms with Crippen LogP contribution in [0, 0.1) is 0 Å². The van der Waals surface area contributed by atoms with Crippen LogP contribution in [0.1, 0.15) is 10.4 Å². The first kappa shape index (κ1) is 10.7. The third-order valence-corrected chi connectivity index (χ3v) is 2.08. The highest BCUT2D eigenvalue weighted by molar-refractivity contribution is 6.31. The molecule has 1 aromatic rings. The van der Waals surface area contributed by atoms with Crippen molar-refractivity contribution in [2.45, 2.75) is 0 Å². The monoisotopic (exact) mass is 217 g/mol. The highest BCUT2D eigenvalue weighted by Gasteiger charge is 2.22. The number of hydroxylamine groups is 2. The van der Waals surface area contributed by atoms with Crippen LogP contribution in [0.4, 0.5) is 0 Å². The van der Waals surface area contributed by atoms with E-state index in [4.69, 9.17) is 16.4 Å². The summed E-state index contributed by atoms with van der Waals surface area (Å²) in [6.07, 6.45) is 1.33. The molecular weight excluding hydrogens is 208 g/mol. The van der Waals surface area contributed by atoms with E-state index in [0.29, 0.717) is 4.73 Å². The van der Waals surface area contributed by atoms with Gasteiger partial charge in [0.05, 0.1) is 7.11 Å². The van der Waals surface area contributed by atoms with Crippen LogP contribution in [0.5, 0.6) is 0 Å². The molecule has 76 valence electrons. The molecule has 0 aliphatic heterocycles. The van der Waals surface area contributed by atoms with Gasteiger partial charge in [0.1, 0.15) is 5.56 Å². The number of aromatic nitrogens is 1. The molecule has 0 aromatic carbocycles. The van der Waals surface area contributed by atoms with Crippen LogP contribution in [0.25, 0.3) is 0 Å². The number of nitrogens with zero attached hydrogens (tertiary/aromatic N) is 2. The van der Waals surface area contributed by atoms with E-state index in [0.717, 1.165) is 5.06 Å².